The van der Waals surface area contributed by atoms with E-state index in [0.29, 0.717) is 0 Å². The fraction of sp³-hybridized carbons (Fsp3) is 0.706. The molecule has 1 spiro atoms. The number of rotatable bonds is 2. The number of aromatic nitrogens is 1. The lowest BCUT2D eigenvalue weighted by molar-refractivity contribution is 0.152. The van der Waals surface area contributed by atoms with E-state index < -0.39 is 11.4 Å². The van der Waals surface area contributed by atoms with Gasteiger partial charge in [0.15, 0.2) is 0 Å². The predicted octanol–water partition coefficient (Wildman–Crippen LogP) is 3.68. The molecule has 1 aromatic rings. The number of hydrogen-bond acceptors (Lipinski definition) is 3. The second-order valence-electron chi connectivity index (χ2n) is 7.61. The minimum Gasteiger partial charge on any atom is -0.598 e. The van der Waals surface area contributed by atoms with E-state index in [0.717, 1.165) is 6.42 Å². The molecule has 1 fully saturated rings. The van der Waals surface area contributed by atoms with Gasteiger partial charge >= 0.3 is 0 Å². The van der Waals surface area contributed by atoms with Gasteiger partial charge in [0, 0.05) is 23.8 Å². The van der Waals surface area contributed by atoms with E-state index in [1.165, 1.54) is 43.2 Å². The highest BCUT2D eigenvalue weighted by Crippen LogP contribution is 2.54. The van der Waals surface area contributed by atoms with Crippen molar-refractivity contribution in [3.05, 3.63) is 29.6 Å². The first kappa shape index (κ1) is 15.3. The maximum atomic E-state index is 12.6. The Bertz CT molecular complexity index is 506. The molecule has 0 saturated heterocycles. The fourth-order valence-electron chi connectivity index (χ4n) is 3.86. The standard InChI is InChI=1S/C17H26N2OS/c1-16(2,3)21(20)19-15-14-12-18-10-7-13(14)11-17(15)8-5-4-6-9-17/h7,10,12,15,19H,4-6,8-9,11H2,1-3H3/t15-,21-/m1/s1. The molecule has 0 amide bonds. The molecule has 21 heavy (non-hydrogen) atoms. The Morgan fingerprint density at radius 1 is 1.29 bits per heavy atom. The van der Waals surface area contributed by atoms with Crippen LogP contribution in [0.25, 0.3) is 0 Å². The summed E-state index contributed by atoms with van der Waals surface area (Å²) >= 11 is -1.04. The quantitative estimate of drug-likeness (QED) is 0.848. The van der Waals surface area contributed by atoms with Crippen LogP contribution in [-0.2, 0) is 17.8 Å². The van der Waals surface area contributed by atoms with Crippen molar-refractivity contribution in [2.45, 2.75) is 70.1 Å². The van der Waals surface area contributed by atoms with Gasteiger partial charge in [-0.3, -0.25) is 4.98 Å². The van der Waals surface area contributed by atoms with Crippen molar-refractivity contribution in [3.63, 3.8) is 0 Å². The highest BCUT2D eigenvalue weighted by Gasteiger charge is 2.49. The minimum atomic E-state index is -1.04. The van der Waals surface area contributed by atoms with Crippen LogP contribution in [0.2, 0.25) is 0 Å². The van der Waals surface area contributed by atoms with Crippen molar-refractivity contribution in [1.82, 2.24) is 9.71 Å². The summed E-state index contributed by atoms with van der Waals surface area (Å²) in [5, 5.41) is 0. The van der Waals surface area contributed by atoms with Crippen molar-refractivity contribution < 1.29 is 4.55 Å². The third-order valence-electron chi connectivity index (χ3n) is 5.04. The topological polar surface area (TPSA) is 48.0 Å². The molecule has 0 unspecified atom stereocenters. The van der Waals surface area contributed by atoms with Crippen molar-refractivity contribution in [3.8, 4) is 0 Å². The van der Waals surface area contributed by atoms with E-state index >= 15 is 0 Å². The first-order valence-corrected chi connectivity index (χ1v) is 9.18. The van der Waals surface area contributed by atoms with Gasteiger partial charge in [0.05, 0.1) is 6.04 Å². The molecule has 1 saturated carbocycles. The largest absolute Gasteiger partial charge is 0.598 e. The molecule has 1 heterocycles. The zero-order valence-corrected chi connectivity index (χ0v) is 14.1. The van der Waals surface area contributed by atoms with Crippen molar-refractivity contribution in [2.75, 3.05) is 0 Å². The smallest absolute Gasteiger partial charge is 0.136 e. The summed E-state index contributed by atoms with van der Waals surface area (Å²) in [5.41, 5.74) is 2.93. The Labute approximate surface area is 131 Å². The molecule has 0 bridgehead atoms. The van der Waals surface area contributed by atoms with Crippen molar-refractivity contribution >= 4 is 11.4 Å². The number of pyridine rings is 1. The molecule has 0 radical (unpaired) electrons. The molecule has 2 aliphatic rings. The van der Waals surface area contributed by atoms with E-state index in [1.54, 1.807) is 0 Å². The summed E-state index contributed by atoms with van der Waals surface area (Å²) in [4.78, 5) is 4.32. The average Bonchev–Trinajstić information content (AvgIpc) is 2.72. The molecule has 3 nitrogen and oxygen atoms in total. The molecule has 4 heteroatoms. The molecule has 1 N–H and O–H groups in total. The lowest BCUT2D eigenvalue weighted by Gasteiger charge is -2.40. The van der Waals surface area contributed by atoms with Gasteiger partial charge in [0.1, 0.15) is 4.75 Å². The first-order chi connectivity index (χ1) is 9.92. The summed E-state index contributed by atoms with van der Waals surface area (Å²) in [6.45, 7) is 6.09. The maximum Gasteiger partial charge on any atom is 0.136 e. The SMILES string of the molecule is CC(C)(C)[S@@+]([O-])N[C@@H]1c2cnccc2CC12CCCCC2. The Hall–Kier alpha value is -0.580. The van der Waals surface area contributed by atoms with Gasteiger partial charge in [0.25, 0.3) is 0 Å². The van der Waals surface area contributed by atoms with Crippen LogP contribution in [0.15, 0.2) is 18.5 Å². The molecule has 1 aromatic heterocycles. The molecule has 116 valence electrons. The Morgan fingerprint density at radius 2 is 2.00 bits per heavy atom. The highest BCUT2D eigenvalue weighted by molar-refractivity contribution is 7.90. The highest BCUT2D eigenvalue weighted by atomic mass is 32.2. The third-order valence-corrected chi connectivity index (χ3v) is 6.60. The zero-order chi connectivity index (χ0) is 15.1. The van der Waals surface area contributed by atoms with Crippen LogP contribution < -0.4 is 4.72 Å². The van der Waals surface area contributed by atoms with Crippen molar-refractivity contribution in [1.29, 1.82) is 0 Å². The monoisotopic (exact) mass is 306 g/mol. The van der Waals surface area contributed by atoms with Crippen LogP contribution in [0.5, 0.6) is 0 Å². The summed E-state index contributed by atoms with van der Waals surface area (Å²) in [6, 6.07) is 2.34. The minimum absolute atomic E-state index is 0.196. The molecular formula is C17H26N2OS. The fourth-order valence-corrected chi connectivity index (χ4v) is 4.81. The van der Waals surface area contributed by atoms with Gasteiger partial charge in [-0.2, -0.15) is 0 Å². The zero-order valence-electron chi connectivity index (χ0n) is 13.3. The van der Waals surface area contributed by atoms with Gasteiger partial charge in [-0.05, 0) is 62.6 Å². The van der Waals surface area contributed by atoms with Gasteiger partial charge < -0.3 is 4.55 Å². The lowest BCUT2D eigenvalue weighted by atomic mass is 9.70. The Balaban J connectivity index is 1.92. The second-order valence-corrected chi connectivity index (χ2v) is 9.60. The van der Waals surface area contributed by atoms with Gasteiger partial charge in [-0.1, -0.05) is 19.3 Å². The summed E-state index contributed by atoms with van der Waals surface area (Å²) in [7, 11) is 0. The molecule has 2 aliphatic carbocycles. The third kappa shape index (κ3) is 2.86. The van der Waals surface area contributed by atoms with Gasteiger partial charge in [-0.25, -0.2) is 0 Å². The van der Waals surface area contributed by atoms with Gasteiger partial charge in [0.2, 0.25) is 0 Å². The lowest BCUT2D eigenvalue weighted by Crippen LogP contribution is -2.46. The summed E-state index contributed by atoms with van der Waals surface area (Å²) in [6.07, 6.45) is 11.4. The number of nitrogens with one attached hydrogen (secondary N) is 1. The molecule has 0 aliphatic heterocycles. The van der Waals surface area contributed by atoms with Crippen LogP contribution in [-0.4, -0.2) is 14.3 Å². The summed E-state index contributed by atoms with van der Waals surface area (Å²) < 4.78 is 15.9. The number of fused-ring (bicyclic) bond motifs is 1. The molecule has 3 rings (SSSR count). The van der Waals surface area contributed by atoms with E-state index in [9.17, 15) is 4.55 Å². The number of hydrogen-bond donors (Lipinski definition) is 1. The predicted molar refractivity (Wildman–Crippen MR) is 87.2 cm³/mol. The summed E-state index contributed by atoms with van der Waals surface area (Å²) in [5.74, 6) is 0. The molecule has 0 aromatic carbocycles. The normalized spacial score (nSPS) is 25.8. The van der Waals surface area contributed by atoms with E-state index in [4.69, 9.17) is 0 Å². The van der Waals surface area contributed by atoms with E-state index in [1.807, 2.05) is 33.2 Å². The van der Waals surface area contributed by atoms with Crippen LogP contribution in [0.4, 0.5) is 0 Å². The average molecular weight is 306 g/mol. The second kappa shape index (κ2) is 5.56. The maximum absolute atomic E-state index is 12.6. The Morgan fingerprint density at radius 3 is 2.67 bits per heavy atom. The van der Waals surface area contributed by atoms with Crippen LogP contribution in [0, 0.1) is 5.41 Å². The van der Waals surface area contributed by atoms with E-state index in [2.05, 4.69) is 15.8 Å². The Kier molecular flexibility index (Phi) is 4.06. The number of nitrogens with zero attached hydrogens (tertiary/aromatic N) is 1. The molecular weight excluding hydrogens is 280 g/mol. The van der Waals surface area contributed by atoms with Crippen LogP contribution in [0.3, 0.4) is 0 Å². The molecule has 2 atom stereocenters. The van der Waals surface area contributed by atoms with Crippen LogP contribution in [0.1, 0.15) is 70.0 Å². The van der Waals surface area contributed by atoms with Gasteiger partial charge in [-0.15, -0.1) is 4.72 Å². The first-order valence-electron chi connectivity index (χ1n) is 8.03. The van der Waals surface area contributed by atoms with E-state index in [-0.39, 0.29) is 16.2 Å². The van der Waals surface area contributed by atoms with Crippen LogP contribution >= 0.6 is 0 Å². The van der Waals surface area contributed by atoms with Crippen molar-refractivity contribution in [2.24, 2.45) is 5.41 Å².